The van der Waals surface area contributed by atoms with Crippen molar-refractivity contribution in [3.8, 4) is 0 Å². The van der Waals surface area contributed by atoms with Gasteiger partial charge in [-0.3, -0.25) is 0 Å². The van der Waals surface area contributed by atoms with Crippen LogP contribution in [-0.4, -0.2) is 12.6 Å². The first kappa shape index (κ1) is 11.8. The molecule has 3 aliphatic rings. The Kier molecular flexibility index (Phi) is 3.56. The SMILES string of the molecule is CCC1CCCCC1NCC1CC2C=CC1C2. The van der Waals surface area contributed by atoms with E-state index in [0.717, 1.165) is 29.7 Å². The Morgan fingerprint density at radius 3 is 2.65 bits per heavy atom. The Hall–Kier alpha value is -0.300. The van der Waals surface area contributed by atoms with E-state index >= 15 is 0 Å². The third-order valence-corrected chi connectivity index (χ3v) is 5.49. The minimum absolute atomic E-state index is 0.830. The van der Waals surface area contributed by atoms with Crippen molar-refractivity contribution < 1.29 is 0 Å². The minimum atomic E-state index is 0.830. The second kappa shape index (κ2) is 5.14. The van der Waals surface area contributed by atoms with Crippen LogP contribution in [-0.2, 0) is 0 Å². The van der Waals surface area contributed by atoms with E-state index in [1.165, 1.54) is 51.5 Å². The molecule has 2 fully saturated rings. The summed E-state index contributed by atoms with van der Waals surface area (Å²) in [4.78, 5) is 0. The van der Waals surface area contributed by atoms with Gasteiger partial charge in [0.2, 0.25) is 0 Å². The highest BCUT2D eigenvalue weighted by atomic mass is 14.9. The fraction of sp³-hybridized carbons (Fsp3) is 0.875. The van der Waals surface area contributed by atoms with E-state index in [0.29, 0.717) is 0 Å². The lowest BCUT2D eigenvalue weighted by atomic mass is 9.82. The normalized spacial score (nSPS) is 44.4. The summed E-state index contributed by atoms with van der Waals surface area (Å²) in [6, 6.07) is 0.830. The molecule has 0 aromatic carbocycles. The Morgan fingerprint density at radius 2 is 1.94 bits per heavy atom. The molecule has 5 atom stereocenters. The van der Waals surface area contributed by atoms with Gasteiger partial charge in [0.15, 0.2) is 0 Å². The first-order valence-electron chi connectivity index (χ1n) is 7.78. The molecule has 96 valence electrons. The van der Waals surface area contributed by atoms with Gasteiger partial charge in [0.25, 0.3) is 0 Å². The molecule has 3 rings (SSSR count). The zero-order valence-electron chi connectivity index (χ0n) is 11.2. The van der Waals surface area contributed by atoms with Crippen LogP contribution in [0.3, 0.4) is 0 Å². The molecule has 2 bridgehead atoms. The van der Waals surface area contributed by atoms with Crippen LogP contribution in [0.4, 0.5) is 0 Å². The maximum absolute atomic E-state index is 3.92. The molecule has 0 aromatic rings. The van der Waals surface area contributed by atoms with Crippen LogP contribution >= 0.6 is 0 Å². The van der Waals surface area contributed by atoms with Crippen LogP contribution < -0.4 is 5.32 Å². The summed E-state index contributed by atoms with van der Waals surface area (Å²) < 4.78 is 0. The van der Waals surface area contributed by atoms with Gasteiger partial charge in [0, 0.05) is 6.04 Å². The van der Waals surface area contributed by atoms with Crippen LogP contribution in [0, 0.1) is 23.7 Å². The molecule has 1 N–H and O–H groups in total. The molecule has 0 amide bonds. The van der Waals surface area contributed by atoms with Crippen molar-refractivity contribution in [3.63, 3.8) is 0 Å². The molecule has 0 radical (unpaired) electrons. The van der Waals surface area contributed by atoms with E-state index in [2.05, 4.69) is 24.4 Å². The third kappa shape index (κ3) is 2.45. The Bertz CT molecular complexity index is 283. The Balaban J connectivity index is 1.48. The zero-order chi connectivity index (χ0) is 11.7. The van der Waals surface area contributed by atoms with E-state index in [9.17, 15) is 0 Å². The van der Waals surface area contributed by atoms with Gasteiger partial charge in [-0.2, -0.15) is 0 Å². The lowest BCUT2D eigenvalue weighted by molar-refractivity contribution is 0.240. The quantitative estimate of drug-likeness (QED) is 0.729. The van der Waals surface area contributed by atoms with Gasteiger partial charge in [-0.25, -0.2) is 0 Å². The van der Waals surface area contributed by atoms with E-state index in [1.54, 1.807) is 0 Å². The molecule has 0 heterocycles. The fourth-order valence-corrected chi connectivity index (χ4v) is 4.40. The average Bonchev–Trinajstić information content (AvgIpc) is 2.98. The maximum Gasteiger partial charge on any atom is 0.00953 e. The number of allylic oxidation sites excluding steroid dienone is 2. The molecule has 3 aliphatic carbocycles. The lowest BCUT2D eigenvalue weighted by Crippen LogP contribution is -2.41. The Morgan fingerprint density at radius 1 is 1.06 bits per heavy atom. The second-order valence-corrected chi connectivity index (χ2v) is 6.51. The highest BCUT2D eigenvalue weighted by Crippen LogP contribution is 2.43. The van der Waals surface area contributed by atoms with Gasteiger partial charge in [0.1, 0.15) is 0 Å². The predicted octanol–water partition coefficient (Wildman–Crippen LogP) is 3.76. The fourth-order valence-electron chi connectivity index (χ4n) is 4.40. The molecule has 17 heavy (non-hydrogen) atoms. The van der Waals surface area contributed by atoms with E-state index in [1.807, 2.05) is 0 Å². The minimum Gasteiger partial charge on any atom is -0.313 e. The van der Waals surface area contributed by atoms with Gasteiger partial charge in [0.05, 0.1) is 0 Å². The van der Waals surface area contributed by atoms with Crippen molar-refractivity contribution in [1.82, 2.24) is 5.32 Å². The van der Waals surface area contributed by atoms with Crippen LogP contribution in [0.15, 0.2) is 12.2 Å². The number of hydrogen-bond donors (Lipinski definition) is 1. The molecule has 1 nitrogen and oxygen atoms in total. The van der Waals surface area contributed by atoms with Crippen LogP contribution in [0.25, 0.3) is 0 Å². The summed E-state index contributed by atoms with van der Waals surface area (Å²) in [5, 5.41) is 3.92. The largest absolute Gasteiger partial charge is 0.313 e. The first-order valence-corrected chi connectivity index (χ1v) is 7.78. The average molecular weight is 233 g/mol. The van der Waals surface area contributed by atoms with E-state index in [-0.39, 0.29) is 0 Å². The van der Waals surface area contributed by atoms with E-state index in [4.69, 9.17) is 0 Å². The Labute approximate surface area is 106 Å². The number of rotatable bonds is 4. The summed E-state index contributed by atoms with van der Waals surface area (Å²) in [6.45, 7) is 3.65. The van der Waals surface area contributed by atoms with Crippen LogP contribution in [0.5, 0.6) is 0 Å². The summed E-state index contributed by atoms with van der Waals surface area (Å²) >= 11 is 0. The number of fused-ring (bicyclic) bond motifs is 2. The van der Waals surface area contributed by atoms with Crippen molar-refractivity contribution in [2.75, 3.05) is 6.54 Å². The summed E-state index contributed by atoms with van der Waals surface area (Å²) in [6.07, 6.45) is 15.0. The highest BCUT2D eigenvalue weighted by Gasteiger charge is 2.35. The van der Waals surface area contributed by atoms with Crippen molar-refractivity contribution in [3.05, 3.63) is 12.2 Å². The molecule has 1 heteroatoms. The third-order valence-electron chi connectivity index (χ3n) is 5.49. The molecule has 0 aromatic heterocycles. The molecule has 0 spiro atoms. The molecule has 0 aliphatic heterocycles. The topological polar surface area (TPSA) is 12.0 Å². The predicted molar refractivity (Wildman–Crippen MR) is 72.9 cm³/mol. The molecular weight excluding hydrogens is 206 g/mol. The van der Waals surface area contributed by atoms with Crippen LogP contribution in [0.1, 0.15) is 51.9 Å². The molecule has 5 unspecified atom stereocenters. The summed E-state index contributed by atoms with van der Waals surface area (Å²) in [5.41, 5.74) is 0. The van der Waals surface area contributed by atoms with Gasteiger partial charge in [-0.1, -0.05) is 38.3 Å². The monoisotopic (exact) mass is 233 g/mol. The van der Waals surface area contributed by atoms with E-state index < -0.39 is 0 Å². The molecule has 0 saturated heterocycles. The van der Waals surface area contributed by atoms with Gasteiger partial charge in [-0.15, -0.1) is 0 Å². The molecular formula is C16H27N. The summed E-state index contributed by atoms with van der Waals surface area (Å²) in [5.74, 6) is 3.75. The van der Waals surface area contributed by atoms with Gasteiger partial charge in [-0.05, 0) is 55.9 Å². The van der Waals surface area contributed by atoms with Crippen molar-refractivity contribution >= 4 is 0 Å². The summed E-state index contributed by atoms with van der Waals surface area (Å²) in [7, 11) is 0. The molecule has 2 saturated carbocycles. The van der Waals surface area contributed by atoms with Crippen molar-refractivity contribution in [1.29, 1.82) is 0 Å². The van der Waals surface area contributed by atoms with Crippen molar-refractivity contribution in [2.45, 2.75) is 57.9 Å². The first-order chi connectivity index (χ1) is 8.36. The smallest absolute Gasteiger partial charge is 0.00953 e. The standard InChI is InChI=1S/C16H27N/c1-2-13-5-3-4-6-16(13)17-11-15-10-12-7-8-14(15)9-12/h7-8,12-17H,2-6,9-11H2,1H3. The number of nitrogens with one attached hydrogen (secondary N) is 1. The van der Waals surface area contributed by atoms with Gasteiger partial charge >= 0.3 is 0 Å². The van der Waals surface area contributed by atoms with Gasteiger partial charge < -0.3 is 5.32 Å². The zero-order valence-corrected chi connectivity index (χ0v) is 11.2. The maximum atomic E-state index is 3.92. The lowest BCUT2D eigenvalue weighted by Gasteiger charge is -2.33. The van der Waals surface area contributed by atoms with Crippen molar-refractivity contribution in [2.24, 2.45) is 23.7 Å². The number of hydrogen-bond acceptors (Lipinski definition) is 1. The highest BCUT2D eigenvalue weighted by molar-refractivity contribution is 5.10. The second-order valence-electron chi connectivity index (χ2n) is 6.51. The van der Waals surface area contributed by atoms with Crippen LogP contribution in [0.2, 0.25) is 0 Å².